The lowest BCUT2D eigenvalue weighted by molar-refractivity contribution is 0.441. The van der Waals surface area contributed by atoms with E-state index in [2.05, 4.69) is 32.3 Å². The number of nitrogens with one attached hydrogen (secondary N) is 1. The van der Waals surface area contributed by atoms with Crippen molar-refractivity contribution in [2.75, 3.05) is 23.3 Å². The Morgan fingerprint density at radius 3 is 2.95 bits per heavy atom. The summed E-state index contributed by atoms with van der Waals surface area (Å²) in [7, 11) is 0. The van der Waals surface area contributed by atoms with Gasteiger partial charge in [0.2, 0.25) is 5.95 Å². The standard InChI is InChI=1S/C15H17Cl2N5/c1-10-3-2-6-22(9-10)15-20-14(8-18-21-15)19-13-5-4-11(16)7-12(13)17/h4-5,7-8,10H,2-3,6,9H2,1H3,(H,19,20,21). The van der Waals surface area contributed by atoms with E-state index >= 15 is 0 Å². The minimum absolute atomic E-state index is 0.541. The Kier molecular flexibility index (Phi) is 4.64. The predicted molar refractivity (Wildman–Crippen MR) is 90.2 cm³/mol. The van der Waals surface area contributed by atoms with Crippen molar-refractivity contribution in [2.24, 2.45) is 5.92 Å². The number of hydrogen-bond donors (Lipinski definition) is 1. The lowest BCUT2D eigenvalue weighted by Gasteiger charge is -2.30. The zero-order valence-corrected chi connectivity index (χ0v) is 13.8. The van der Waals surface area contributed by atoms with Crippen LogP contribution in [-0.4, -0.2) is 28.3 Å². The highest BCUT2D eigenvalue weighted by Crippen LogP contribution is 2.28. The molecular weight excluding hydrogens is 321 g/mol. The van der Waals surface area contributed by atoms with Crippen LogP contribution in [0.25, 0.3) is 0 Å². The van der Waals surface area contributed by atoms with E-state index in [9.17, 15) is 0 Å². The van der Waals surface area contributed by atoms with Gasteiger partial charge in [0, 0.05) is 18.1 Å². The Labute approximate surface area is 139 Å². The first-order valence-electron chi connectivity index (χ1n) is 7.28. The summed E-state index contributed by atoms with van der Waals surface area (Å²) in [5.74, 6) is 1.92. The Morgan fingerprint density at radius 2 is 2.18 bits per heavy atom. The molecule has 116 valence electrons. The maximum Gasteiger partial charge on any atom is 0.247 e. The van der Waals surface area contributed by atoms with Gasteiger partial charge in [-0.15, -0.1) is 5.10 Å². The first-order valence-corrected chi connectivity index (χ1v) is 8.04. The van der Waals surface area contributed by atoms with E-state index in [-0.39, 0.29) is 0 Å². The number of rotatable bonds is 3. The molecule has 3 rings (SSSR count). The summed E-state index contributed by atoms with van der Waals surface area (Å²) in [5, 5.41) is 12.5. The van der Waals surface area contributed by atoms with Crippen LogP contribution in [0, 0.1) is 5.92 Å². The van der Waals surface area contributed by atoms with Gasteiger partial charge < -0.3 is 10.2 Å². The largest absolute Gasteiger partial charge is 0.339 e. The second-order valence-corrected chi connectivity index (χ2v) is 6.43. The van der Waals surface area contributed by atoms with Crippen molar-refractivity contribution in [2.45, 2.75) is 19.8 Å². The highest BCUT2D eigenvalue weighted by Gasteiger charge is 2.19. The summed E-state index contributed by atoms with van der Waals surface area (Å²) >= 11 is 12.1. The molecule has 5 nitrogen and oxygen atoms in total. The molecule has 1 atom stereocenters. The minimum atomic E-state index is 0.541. The van der Waals surface area contributed by atoms with Gasteiger partial charge >= 0.3 is 0 Å². The summed E-state index contributed by atoms with van der Waals surface area (Å²) in [6, 6.07) is 5.28. The summed E-state index contributed by atoms with van der Waals surface area (Å²) in [5.41, 5.74) is 0.740. The van der Waals surface area contributed by atoms with Crippen molar-refractivity contribution in [1.29, 1.82) is 0 Å². The molecule has 1 aliphatic rings. The van der Waals surface area contributed by atoms with Gasteiger partial charge in [-0.2, -0.15) is 10.1 Å². The second kappa shape index (κ2) is 6.67. The van der Waals surface area contributed by atoms with Crippen LogP contribution in [0.5, 0.6) is 0 Å². The monoisotopic (exact) mass is 337 g/mol. The summed E-state index contributed by atoms with van der Waals surface area (Å²) < 4.78 is 0. The smallest absolute Gasteiger partial charge is 0.247 e. The fraction of sp³-hybridized carbons (Fsp3) is 0.400. The number of halogens is 2. The molecule has 1 N–H and O–H groups in total. The summed E-state index contributed by atoms with van der Waals surface area (Å²) in [6.07, 6.45) is 4.00. The fourth-order valence-corrected chi connectivity index (χ4v) is 3.04. The van der Waals surface area contributed by atoms with Crippen LogP contribution in [-0.2, 0) is 0 Å². The molecule has 1 unspecified atom stereocenters. The van der Waals surface area contributed by atoms with E-state index in [1.54, 1.807) is 18.3 Å². The SMILES string of the molecule is CC1CCCN(c2nncc(Nc3ccc(Cl)cc3Cl)n2)C1. The van der Waals surface area contributed by atoms with Gasteiger partial charge in [-0.3, -0.25) is 0 Å². The van der Waals surface area contributed by atoms with E-state index in [1.165, 1.54) is 6.42 Å². The average Bonchev–Trinajstić information content (AvgIpc) is 2.50. The van der Waals surface area contributed by atoms with Crippen molar-refractivity contribution in [3.8, 4) is 0 Å². The van der Waals surface area contributed by atoms with Gasteiger partial charge in [-0.1, -0.05) is 30.1 Å². The Balaban J connectivity index is 1.79. The third kappa shape index (κ3) is 3.59. The van der Waals surface area contributed by atoms with Crippen molar-refractivity contribution in [1.82, 2.24) is 15.2 Å². The molecule has 0 saturated carbocycles. The summed E-state index contributed by atoms with van der Waals surface area (Å²) in [4.78, 5) is 6.72. The highest BCUT2D eigenvalue weighted by atomic mass is 35.5. The van der Waals surface area contributed by atoms with E-state index < -0.39 is 0 Å². The van der Waals surface area contributed by atoms with Crippen LogP contribution < -0.4 is 10.2 Å². The molecule has 0 amide bonds. The first kappa shape index (κ1) is 15.3. The molecule has 0 radical (unpaired) electrons. The van der Waals surface area contributed by atoms with Gasteiger partial charge in [0.25, 0.3) is 0 Å². The maximum absolute atomic E-state index is 6.17. The molecule has 1 aromatic carbocycles. The quantitative estimate of drug-likeness (QED) is 0.911. The van der Waals surface area contributed by atoms with Crippen molar-refractivity contribution in [3.63, 3.8) is 0 Å². The second-order valence-electron chi connectivity index (χ2n) is 5.58. The number of aromatic nitrogens is 3. The first-order chi connectivity index (χ1) is 10.6. The molecule has 2 heterocycles. The van der Waals surface area contributed by atoms with Crippen LogP contribution in [0.15, 0.2) is 24.4 Å². The number of hydrogen-bond acceptors (Lipinski definition) is 5. The van der Waals surface area contributed by atoms with Crippen molar-refractivity contribution >= 4 is 40.7 Å². The molecule has 0 bridgehead atoms. The van der Waals surface area contributed by atoms with Crippen LogP contribution in [0.3, 0.4) is 0 Å². The molecule has 0 spiro atoms. The van der Waals surface area contributed by atoms with Crippen molar-refractivity contribution in [3.05, 3.63) is 34.4 Å². The topological polar surface area (TPSA) is 53.9 Å². The van der Waals surface area contributed by atoms with Crippen molar-refractivity contribution < 1.29 is 0 Å². The van der Waals surface area contributed by atoms with Gasteiger partial charge in [-0.25, -0.2) is 0 Å². The molecule has 0 aliphatic carbocycles. The Morgan fingerprint density at radius 1 is 1.32 bits per heavy atom. The van der Waals surface area contributed by atoms with E-state index in [0.29, 0.717) is 27.7 Å². The van der Waals surface area contributed by atoms with Crippen LogP contribution >= 0.6 is 23.2 Å². The van der Waals surface area contributed by atoms with Crippen LogP contribution in [0.4, 0.5) is 17.5 Å². The third-order valence-electron chi connectivity index (χ3n) is 3.68. The molecule has 1 aliphatic heterocycles. The predicted octanol–water partition coefficient (Wildman–Crippen LogP) is 4.16. The minimum Gasteiger partial charge on any atom is -0.339 e. The van der Waals surface area contributed by atoms with E-state index in [4.69, 9.17) is 23.2 Å². The number of nitrogens with zero attached hydrogens (tertiary/aromatic N) is 4. The third-order valence-corrected chi connectivity index (χ3v) is 4.23. The average molecular weight is 338 g/mol. The van der Waals surface area contributed by atoms with Crippen LogP contribution in [0.1, 0.15) is 19.8 Å². The zero-order valence-electron chi connectivity index (χ0n) is 12.3. The molecule has 7 heteroatoms. The van der Waals surface area contributed by atoms with Gasteiger partial charge in [-0.05, 0) is 37.0 Å². The lowest BCUT2D eigenvalue weighted by atomic mass is 10.0. The van der Waals surface area contributed by atoms with Gasteiger partial charge in [0.1, 0.15) is 0 Å². The van der Waals surface area contributed by atoms with Gasteiger partial charge in [0.15, 0.2) is 5.82 Å². The normalized spacial score (nSPS) is 18.3. The molecule has 22 heavy (non-hydrogen) atoms. The lowest BCUT2D eigenvalue weighted by Crippen LogP contribution is -2.35. The zero-order chi connectivity index (χ0) is 15.5. The van der Waals surface area contributed by atoms with Gasteiger partial charge in [0.05, 0.1) is 16.9 Å². The number of piperidine rings is 1. The molecule has 1 saturated heterocycles. The number of benzene rings is 1. The fourth-order valence-electron chi connectivity index (χ4n) is 2.59. The van der Waals surface area contributed by atoms with E-state index in [0.717, 1.165) is 25.2 Å². The molecule has 1 fully saturated rings. The van der Waals surface area contributed by atoms with E-state index in [1.807, 2.05) is 6.07 Å². The maximum atomic E-state index is 6.17. The molecule has 1 aromatic heterocycles. The highest BCUT2D eigenvalue weighted by molar-refractivity contribution is 6.36. The summed E-state index contributed by atoms with van der Waals surface area (Å²) in [6.45, 7) is 4.18. The molecule has 2 aromatic rings. The Bertz CT molecular complexity index is 664. The number of anilines is 3. The molecular formula is C15H17Cl2N5. The van der Waals surface area contributed by atoms with Crippen LogP contribution in [0.2, 0.25) is 10.0 Å². The Hall–Kier alpha value is -1.59.